The van der Waals surface area contributed by atoms with Gasteiger partial charge < -0.3 is 24.4 Å². The van der Waals surface area contributed by atoms with Crippen molar-refractivity contribution in [2.24, 2.45) is 0 Å². The van der Waals surface area contributed by atoms with Crippen molar-refractivity contribution in [3.05, 3.63) is 24.3 Å². The van der Waals surface area contributed by atoms with Gasteiger partial charge in [-0.1, -0.05) is 225 Å². The zero-order valence-corrected chi connectivity index (χ0v) is 43.0. The van der Waals surface area contributed by atoms with Gasteiger partial charge in [-0.2, -0.15) is 0 Å². The molecule has 0 unspecified atom stereocenters. The van der Waals surface area contributed by atoms with Crippen LogP contribution < -0.4 is 0 Å². The molecule has 8 heteroatoms. The van der Waals surface area contributed by atoms with Crippen molar-refractivity contribution in [1.29, 1.82) is 0 Å². The Morgan fingerprint density at radius 1 is 0.369 bits per heavy atom. The number of unbranched alkanes of at least 4 members (excludes halogenated alkanes) is 30. The summed E-state index contributed by atoms with van der Waals surface area (Å²) in [7, 11) is 0. The lowest BCUT2D eigenvalue weighted by molar-refractivity contribution is -0.167. The number of allylic oxidation sites excluding steroid dienone is 2. The van der Waals surface area contributed by atoms with Gasteiger partial charge >= 0.3 is 17.9 Å². The van der Waals surface area contributed by atoms with Crippen molar-refractivity contribution < 1.29 is 38.8 Å². The Balaban J connectivity index is 4.44. The number of aliphatic hydroxyl groups excluding tert-OH is 2. The van der Waals surface area contributed by atoms with Crippen molar-refractivity contribution in [3.8, 4) is 0 Å². The molecule has 3 atom stereocenters. The Kier molecular flexibility index (Phi) is 49.5. The zero-order chi connectivity index (χ0) is 47.5. The molecule has 0 amide bonds. The third-order valence-corrected chi connectivity index (χ3v) is 12.6. The summed E-state index contributed by atoms with van der Waals surface area (Å²) >= 11 is 0. The highest BCUT2D eigenvalue weighted by molar-refractivity contribution is 5.71. The average molecular weight is 919 g/mol. The molecular weight excluding hydrogens is 813 g/mol. The zero-order valence-electron chi connectivity index (χ0n) is 43.0. The molecule has 0 spiro atoms. The molecule has 0 aromatic carbocycles. The third-order valence-electron chi connectivity index (χ3n) is 12.6. The molecule has 0 radical (unpaired) electrons. The molecule has 0 saturated carbocycles. The van der Waals surface area contributed by atoms with Crippen molar-refractivity contribution in [2.45, 2.75) is 309 Å². The largest absolute Gasteiger partial charge is 0.462 e. The van der Waals surface area contributed by atoms with Gasteiger partial charge in [0.1, 0.15) is 13.2 Å². The Morgan fingerprint density at radius 3 is 1.02 bits per heavy atom. The van der Waals surface area contributed by atoms with Crippen LogP contribution in [0.5, 0.6) is 0 Å². The summed E-state index contributed by atoms with van der Waals surface area (Å²) in [6.45, 7) is 6.46. The van der Waals surface area contributed by atoms with E-state index in [0.29, 0.717) is 12.8 Å². The highest BCUT2D eigenvalue weighted by atomic mass is 16.6. The second kappa shape index (κ2) is 51.2. The fraction of sp³-hybridized carbons (Fsp3) is 0.877. The molecule has 382 valence electrons. The van der Waals surface area contributed by atoms with Crippen LogP contribution in [0.4, 0.5) is 0 Å². The SMILES string of the molecule is CCCCCCCCCCCCCCCCCC(=O)OC[C@H](COC(=O)CCCCCCC/C=C\C[C@H](O)CCCCCC)OC(=O)CCCCCCC/C=C\C[C@H](O)CCCCCC. The monoisotopic (exact) mass is 919 g/mol. The summed E-state index contributed by atoms with van der Waals surface area (Å²) < 4.78 is 16.8. The molecule has 0 saturated heterocycles. The van der Waals surface area contributed by atoms with Crippen LogP contribution in [0.25, 0.3) is 0 Å². The fourth-order valence-electron chi connectivity index (χ4n) is 8.23. The summed E-state index contributed by atoms with van der Waals surface area (Å²) in [6.07, 6.45) is 51.9. The molecule has 0 aromatic rings. The van der Waals surface area contributed by atoms with E-state index in [1.165, 1.54) is 116 Å². The predicted octanol–water partition coefficient (Wildman–Crippen LogP) is 16.3. The molecule has 0 aromatic heterocycles. The van der Waals surface area contributed by atoms with Crippen molar-refractivity contribution in [3.63, 3.8) is 0 Å². The molecule has 65 heavy (non-hydrogen) atoms. The second-order valence-corrected chi connectivity index (χ2v) is 19.2. The minimum atomic E-state index is -0.812. The third kappa shape index (κ3) is 49.5. The predicted molar refractivity (Wildman–Crippen MR) is 273 cm³/mol. The van der Waals surface area contributed by atoms with E-state index in [-0.39, 0.29) is 49.8 Å². The first-order valence-corrected chi connectivity index (χ1v) is 28.0. The number of hydrogen-bond donors (Lipinski definition) is 2. The summed E-state index contributed by atoms with van der Waals surface area (Å²) in [5.74, 6) is -0.972. The van der Waals surface area contributed by atoms with Crippen molar-refractivity contribution >= 4 is 17.9 Å². The van der Waals surface area contributed by atoms with Crippen LogP contribution in [-0.4, -0.2) is 59.6 Å². The Bertz CT molecular complexity index is 1090. The van der Waals surface area contributed by atoms with Gasteiger partial charge in [0.25, 0.3) is 0 Å². The maximum absolute atomic E-state index is 12.8. The molecule has 0 fully saturated rings. The number of hydrogen-bond acceptors (Lipinski definition) is 8. The van der Waals surface area contributed by atoms with Gasteiger partial charge in [-0.25, -0.2) is 0 Å². The van der Waals surface area contributed by atoms with E-state index < -0.39 is 6.10 Å². The summed E-state index contributed by atoms with van der Waals surface area (Å²) in [5, 5.41) is 20.3. The first kappa shape index (κ1) is 62.8. The highest BCUT2D eigenvalue weighted by Crippen LogP contribution is 2.16. The standard InChI is InChI=1S/C57H106O8/c1-4-7-10-13-14-15-16-17-18-19-20-21-28-33-40-47-55(60)63-50-54(65-57(62)49-42-35-30-25-23-27-32-39-46-53(59)44-37-12-9-6-3)51-64-56(61)48-41-34-29-24-22-26-31-38-45-52(58)43-36-11-8-5-2/h31-32,38-39,52-54,58-59H,4-30,33-37,40-51H2,1-3H3/b38-31-,39-32-/t52-,53-,54-/m1/s1. The first-order chi connectivity index (χ1) is 31.8. The summed E-state index contributed by atoms with van der Waals surface area (Å²) in [5.41, 5.74) is 0. The minimum absolute atomic E-state index is 0.105. The van der Waals surface area contributed by atoms with Gasteiger partial charge in [0.05, 0.1) is 12.2 Å². The molecule has 0 rings (SSSR count). The Labute approximate surface area is 401 Å². The number of ether oxygens (including phenoxy) is 3. The lowest BCUT2D eigenvalue weighted by atomic mass is 10.0. The number of rotatable bonds is 51. The van der Waals surface area contributed by atoms with Crippen LogP contribution in [0.2, 0.25) is 0 Å². The normalized spacial score (nSPS) is 13.1. The van der Waals surface area contributed by atoms with Crippen LogP contribution in [-0.2, 0) is 28.6 Å². The van der Waals surface area contributed by atoms with E-state index >= 15 is 0 Å². The van der Waals surface area contributed by atoms with Crippen LogP contribution >= 0.6 is 0 Å². The molecule has 8 nitrogen and oxygen atoms in total. The summed E-state index contributed by atoms with van der Waals surface area (Å²) in [6, 6.07) is 0. The number of aliphatic hydroxyl groups is 2. The molecular formula is C57H106O8. The Hall–Kier alpha value is -2.19. The van der Waals surface area contributed by atoms with Crippen LogP contribution in [0.3, 0.4) is 0 Å². The van der Waals surface area contributed by atoms with Crippen molar-refractivity contribution in [1.82, 2.24) is 0 Å². The number of carbonyl (C=O) groups excluding carboxylic acids is 3. The van der Waals surface area contributed by atoms with Gasteiger partial charge in [0.15, 0.2) is 6.10 Å². The number of carbonyl (C=O) groups is 3. The molecule has 0 aliphatic rings. The highest BCUT2D eigenvalue weighted by Gasteiger charge is 2.19. The van der Waals surface area contributed by atoms with Gasteiger partial charge in [-0.15, -0.1) is 0 Å². The van der Waals surface area contributed by atoms with Gasteiger partial charge in [-0.05, 0) is 70.6 Å². The minimum Gasteiger partial charge on any atom is -0.462 e. The van der Waals surface area contributed by atoms with E-state index in [0.717, 1.165) is 135 Å². The van der Waals surface area contributed by atoms with Gasteiger partial charge in [0.2, 0.25) is 0 Å². The van der Waals surface area contributed by atoms with E-state index in [4.69, 9.17) is 14.2 Å². The van der Waals surface area contributed by atoms with Crippen LogP contribution in [0, 0.1) is 0 Å². The van der Waals surface area contributed by atoms with E-state index in [9.17, 15) is 24.6 Å². The quantitative estimate of drug-likeness (QED) is 0.0268. The smallest absolute Gasteiger partial charge is 0.306 e. The van der Waals surface area contributed by atoms with Crippen LogP contribution in [0.15, 0.2) is 24.3 Å². The average Bonchev–Trinajstić information content (AvgIpc) is 3.30. The first-order valence-electron chi connectivity index (χ1n) is 28.0. The van der Waals surface area contributed by atoms with E-state index in [2.05, 4.69) is 45.1 Å². The summed E-state index contributed by atoms with van der Waals surface area (Å²) in [4.78, 5) is 38.1. The van der Waals surface area contributed by atoms with Gasteiger partial charge in [0, 0.05) is 19.3 Å². The van der Waals surface area contributed by atoms with E-state index in [1.54, 1.807) is 0 Å². The molecule has 0 bridgehead atoms. The van der Waals surface area contributed by atoms with Crippen LogP contribution in [0.1, 0.15) is 290 Å². The maximum Gasteiger partial charge on any atom is 0.306 e. The Morgan fingerprint density at radius 2 is 0.662 bits per heavy atom. The lowest BCUT2D eigenvalue weighted by Gasteiger charge is -2.18. The molecule has 0 heterocycles. The molecule has 2 N–H and O–H groups in total. The maximum atomic E-state index is 12.8. The lowest BCUT2D eigenvalue weighted by Crippen LogP contribution is -2.30. The van der Waals surface area contributed by atoms with Gasteiger partial charge in [-0.3, -0.25) is 14.4 Å². The topological polar surface area (TPSA) is 119 Å². The van der Waals surface area contributed by atoms with E-state index in [1.807, 2.05) is 0 Å². The van der Waals surface area contributed by atoms with Crippen molar-refractivity contribution in [2.75, 3.05) is 13.2 Å². The fourth-order valence-corrected chi connectivity index (χ4v) is 8.23. The molecule has 0 aliphatic heterocycles. The number of esters is 3. The second-order valence-electron chi connectivity index (χ2n) is 19.2. The molecule has 0 aliphatic carbocycles.